The fourth-order valence-electron chi connectivity index (χ4n) is 2.10. The second kappa shape index (κ2) is 2.85. The van der Waals surface area contributed by atoms with E-state index >= 15 is 0 Å². The fourth-order valence-corrected chi connectivity index (χ4v) is 2.10. The van der Waals surface area contributed by atoms with E-state index in [4.69, 9.17) is 5.26 Å². The van der Waals surface area contributed by atoms with Gasteiger partial charge in [-0.15, -0.1) is 0 Å². The normalized spacial score (nSPS) is 35.4. The summed E-state index contributed by atoms with van der Waals surface area (Å²) in [6.45, 7) is 6.69. The second-order valence-corrected chi connectivity index (χ2v) is 4.20. The summed E-state index contributed by atoms with van der Waals surface area (Å²) in [7, 11) is 0. The van der Waals surface area contributed by atoms with Gasteiger partial charge in [0.05, 0.1) is 12.0 Å². The lowest BCUT2D eigenvalue weighted by molar-refractivity contribution is 0.362. The monoisotopic (exact) mass is 151 g/mol. The van der Waals surface area contributed by atoms with Crippen molar-refractivity contribution in [2.75, 3.05) is 0 Å². The SMILES string of the molecule is CCC1(CC(C)C)CC1C#N. The third-order valence-electron chi connectivity index (χ3n) is 2.86. The van der Waals surface area contributed by atoms with Gasteiger partial charge in [-0.3, -0.25) is 0 Å². The largest absolute Gasteiger partial charge is 0.198 e. The molecule has 1 saturated carbocycles. The lowest BCUT2D eigenvalue weighted by Gasteiger charge is -2.14. The summed E-state index contributed by atoms with van der Waals surface area (Å²) in [5, 5.41) is 8.74. The van der Waals surface area contributed by atoms with Crippen LogP contribution in [0.25, 0.3) is 0 Å². The summed E-state index contributed by atoms with van der Waals surface area (Å²) < 4.78 is 0. The molecule has 0 amide bonds. The van der Waals surface area contributed by atoms with Crippen LogP contribution in [-0.4, -0.2) is 0 Å². The molecule has 0 heterocycles. The zero-order valence-corrected chi connectivity index (χ0v) is 7.72. The van der Waals surface area contributed by atoms with Gasteiger partial charge in [0.15, 0.2) is 0 Å². The zero-order valence-electron chi connectivity index (χ0n) is 7.72. The third-order valence-corrected chi connectivity index (χ3v) is 2.86. The maximum Gasteiger partial charge on any atom is 0.0661 e. The lowest BCUT2D eigenvalue weighted by Crippen LogP contribution is -2.06. The average Bonchev–Trinajstić information content (AvgIpc) is 2.62. The maximum absolute atomic E-state index is 8.74. The highest BCUT2D eigenvalue weighted by Gasteiger charge is 2.52. The van der Waals surface area contributed by atoms with E-state index in [2.05, 4.69) is 26.8 Å². The Kier molecular flexibility index (Phi) is 2.23. The Labute approximate surface area is 69.4 Å². The van der Waals surface area contributed by atoms with Gasteiger partial charge < -0.3 is 0 Å². The van der Waals surface area contributed by atoms with Gasteiger partial charge in [0.2, 0.25) is 0 Å². The van der Waals surface area contributed by atoms with Crippen LogP contribution in [-0.2, 0) is 0 Å². The standard InChI is InChI=1S/C10H17N/c1-4-10(5-8(2)3)6-9(10)7-11/h8-9H,4-6H2,1-3H3. The van der Waals surface area contributed by atoms with Crippen LogP contribution in [0.15, 0.2) is 0 Å². The minimum atomic E-state index is 0.370. The van der Waals surface area contributed by atoms with Gasteiger partial charge in [-0.1, -0.05) is 20.8 Å². The van der Waals surface area contributed by atoms with Crippen molar-refractivity contribution in [1.29, 1.82) is 5.26 Å². The first-order valence-corrected chi connectivity index (χ1v) is 4.54. The molecule has 1 nitrogen and oxygen atoms in total. The van der Waals surface area contributed by atoms with E-state index < -0.39 is 0 Å². The first-order chi connectivity index (χ1) is 5.14. The summed E-state index contributed by atoms with van der Waals surface area (Å²) in [6, 6.07) is 2.39. The summed E-state index contributed by atoms with van der Waals surface area (Å²) in [5.41, 5.74) is 0.420. The Morgan fingerprint density at radius 2 is 2.27 bits per heavy atom. The van der Waals surface area contributed by atoms with Crippen molar-refractivity contribution in [3.63, 3.8) is 0 Å². The minimum Gasteiger partial charge on any atom is -0.198 e. The molecule has 11 heavy (non-hydrogen) atoms. The topological polar surface area (TPSA) is 23.8 Å². The van der Waals surface area contributed by atoms with Crippen LogP contribution in [0.2, 0.25) is 0 Å². The van der Waals surface area contributed by atoms with E-state index in [0.717, 1.165) is 12.3 Å². The van der Waals surface area contributed by atoms with E-state index in [1.54, 1.807) is 0 Å². The van der Waals surface area contributed by atoms with Crippen LogP contribution in [0.1, 0.15) is 40.0 Å². The van der Waals surface area contributed by atoms with Gasteiger partial charge in [-0.2, -0.15) is 5.26 Å². The van der Waals surface area contributed by atoms with Gasteiger partial charge in [0.25, 0.3) is 0 Å². The van der Waals surface area contributed by atoms with E-state index in [-0.39, 0.29) is 0 Å². The smallest absolute Gasteiger partial charge is 0.0661 e. The van der Waals surface area contributed by atoms with Crippen molar-refractivity contribution in [3.8, 4) is 6.07 Å². The van der Waals surface area contributed by atoms with Crippen molar-refractivity contribution in [1.82, 2.24) is 0 Å². The molecule has 1 rings (SSSR count). The molecule has 1 aliphatic rings. The van der Waals surface area contributed by atoms with Crippen molar-refractivity contribution >= 4 is 0 Å². The fraction of sp³-hybridized carbons (Fsp3) is 0.900. The Morgan fingerprint density at radius 3 is 2.55 bits per heavy atom. The minimum absolute atomic E-state index is 0.370. The molecular weight excluding hydrogens is 134 g/mol. The molecule has 0 aromatic carbocycles. The first kappa shape index (κ1) is 8.59. The molecule has 0 radical (unpaired) electrons. The summed E-state index contributed by atoms with van der Waals surface area (Å²) in [4.78, 5) is 0. The van der Waals surface area contributed by atoms with Gasteiger partial charge in [0.1, 0.15) is 0 Å². The van der Waals surface area contributed by atoms with Crippen molar-refractivity contribution in [3.05, 3.63) is 0 Å². The van der Waals surface area contributed by atoms with E-state index in [1.807, 2.05) is 0 Å². The molecule has 0 aliphatic heterocycles. The van der Waals surface area contributed by atoms with Gasteiger partial charge in [-0.25, -0.2) is 0 Å². The van der Waals surface area contributed by atoms with Crippen LogP contribution >= 0.6 is 0 Å². The Bertz CT molecular complexity index is 178. The number of hydrogen-bond donors (Lipinski definition) is 0. The number of hydrogen-bond acceptors (Lipinski definition) is 1. The molecule has 0 aromatic rings. The summed E-state index contributed by atoms with van der Waals surface area (Å²) >= 11 is 0. The van der Waals surface area contributed by atoms with Crippen LogP contribution in [0.5, 0.6) is 0 Å². The highest BCUT2D eigenvalue weighted by Crippen LogP contribution is 2.58. The molecule has 2 atom stereocenters. The predicted molar refractivity (Wildman–Crippen MR) is 45.9 cm³/mol. The summed E-state index contributed by atoms with van der Waals surface area (Å²) in [6.07, 6.45) is 3.57. The second-order valence-electron chi connectivity index (χ2n) is 4.20. The van der Waals surface area contributed by atoms with Crippen LogP contribution < -0.4 is 0 Å². The van der Waals surface area contributed by atoms with Gasteiger partial charge >= 0.3 is 0 Å². The molecule has 1 fully saturated rings. The van der Waals surface area contributed by atoms with E-state index in [1.165, 1.54) is 12.8 Å². The summed E-state index contributed by atoms with van der Waals surface area (Å²) in [5.74, 6) is 1.11. The predicted octanol–water partition coefficient (Wildman–Crippen LogP) is 2.97. The number of nitrogens with zero attached hydrogens (tertiary/aromatic N) is 1. The maximum atomic E-state index is 8.74. The molecule has 0 saturated heterocycles. The van der Waals surface area contributed by atoms with E-state index in [9.17, 15) is 0 Å². The molecular formula is C10H17N. The van der Waals surface area contributed by atoms with Crippen LogP contribution in [0.3, 0.4) is 0 Å². The Morgan fingerprint density at radius 1 is 1.64 bits per heavy atom. The van der Waals surface area contributed by atoms with Crippen molar-refractivity contribution in [2.24, 2.45) is 17.3 Å². The highest BCUT2D eigenvalue weighted by molar-refractivity contribution is 5.11. The number of nitriles is 1. The average molecular weight is 151 g/mol. The highest BCUT2D eigenvalue weighted by atomic mass is 14.6. The van der Waals surface area contributed by atoms with Crippen molar-refractivity contribution < 1.29 is 0 Å². The molecule has 0 spiro atoms. The van der Waals surface area contributed by atoms with Crippen LogP contribution in [0, 0.1) is 28.6 Å². The third kappa shape index (κ3) is 1.56. The van der Waals surface area contributed by atoms with Crippen molar-refractivity contribution in [2.45, 2.75) is 40.0 Å². The molecule has 0 aromatic heterocycles. The lowest BCUT2D eigenvalue weighted by atomic mass is 9.90. The van der Waals surface area contributed by atoms with Gasteiger partial charge in [-0.05, 0) is 30.6 Å². The van der Waals surface area contributed by atoms with Gasteiger partial charge in [0, 0.05) is 0 Å². The van der Waals surface area contributed by atoms with Crippen LogP contribution in [0.4, 0.5) is 0 Å². The molecule has 0 bridgehead atoms. The first-order valence-electron chi connectivity index (χ1n) is 4.54. The molecule has 2 unspecified atom stereocenters. The Balaban J connectivity index is 2.47. The van der Waals surface area contributed by atoms with E-state index in [0.29, 0.717) is 11.3 Å². The molecule has 0 N–H and O–H groups in total. The zero-order chi connectivity index (χ0) is 8.48. The molecule has 1 heteroatoms. The molecule has 62 valence electrons. The quantitative estimate of drug-likeness (QED) is 0.608. The number of rotatable bonds is 3. The molecule has 1 aliphatic carbocycles. The Hall–Kier alpha value is -0.510.